The largest absolute Gasteiger partial charge is 0.484 e. The molecule has 0 aromatic heterocycles. The summed E-state index contributed by atoms with van der Waals surface area (Å²) in [5.41, 5.74) is 3.25. The molecule has 0 saturated carbocycles. The fourth-order valence-electron chi connectivity index (χ4n) is 3.23. The molecule has 2 aromatic carbocycles. The molecule has 6 nitrogen and oxygen atoms in total. The molecule has 1 saturated heterocycles. The van der Waals surface area contributed by atoms with Gasteiger partial charge in [0, 0.05) is 38.9 Å². The van der Waals surface area contributed by atoms with Crippen molar-refractivity contribution in [1.29, 1.82) is 0 Å². The molecule has 168 valence electrons. The molecule has 3 rings (SSSR count). The minimum Gasteiger partial charge on any atom is -0.484 e. The molecule has 0 spiro atoms. The van der Waals surface area contributed by atoms with Crippen LogP contribution in [-0.2, 0) is 17.8 Å². The number of hydrogen-bond donors (Lipinski definition) is 2. The fraction of sp³-hybridized carbons (Fsp3) is 0.409. The van der Waals surface area contributed by atoms with Gasteiger partial charge >= 0.3 is 6.18 Å². The van der Waals surface area contributed by atoms with Gasteiger partial charge in [-0.3, -0.25) is 4.99 Å². The fourth-order valence-corrected chi connectivity index (χ4v) is 3.23. The summed E-state index contributed by atoms with van der Waals surface area (Å²) in [4.78, 5) is 6.56. The van der Waals surface area contributed by atoms with Crippen molar-refractivity contribution in [2.24, 2.45) is 4.99 Å². The average Bonchev–Trinajstić information content (AvgIpc) is 2.79. The molecule has 1 fully saturated rings. The maximum absolute atomic E-state index is 12.2. The third-order valence-electron chi connectivity index (χ3n) is 4.80. The van der Waals surface area contributed by atoms with E-state index in [1.807, 2.05) is 12.1 Å². The number of morpholine rings is 1. The van der Waals surface area contributed by atoms with Crippen molar-refractivity contribution >= 4 is 11.6 Å². The Bertz CT molecular complexity index is 851. The highest BCUT2D eigenvalue weighted by Crippen LogP contribution is 2.21. The second kappa shape index (κ2) is 10.9. The number of rotatable bonds is 7. The maximum Gasteiger partial charge on any atom is 0.422 e. The summed E-state index contributed by atoms with van der Waals surface area (Å²) in [5.74, 6) is 0.817. The van der Waals surface area contributed by atoms with Crippen LogP contribution < -0.4 is 20.3 Å². The van der Waals surface area contributed by atoms with E-state index in [4.69, 9.17) is 9.47 Å². The van der Waals surface area contributed by atoms with E-state index in [0.717, 1.165) is 31.9 Å². The Morgan fingerprint density at radius 3 is 2.39 bits per heavy atom. The number of para-hydroxylation sites is 1. The molecular formula is C22H27F3N4O2. The van der Waals surface area contributed by atoms with Crippen LogP contribution in [0.2, 0.25) is 0 Å². The lowest BCUT2D eigenvalue weighted by molar-refractivity contribution is -0.153. The second-order valence-corrected chi connectivity index (χ2v) is 7.06. The molecule has 0 atom stereocenters. The molecule has 0 bridgehead atoms. The molecule has 9 heteroatoms. The number of anilines is 1. The Hall–Kier alpha value is -2.94. The molecule has 31 heavy (non-hydrogen) atoms. The Morgan fingerprint density at radius 1 is 1.03 bits per heavy atom. The molecule has 1 heterocycles. The maximum atomic E-state index is 12.2. The summed E-state index contributed by atoms with van der Waals surface area (Å²) in [6, 6.07) is 14.7. The van der Waals surface area contributed by atoms with E-state index >= 15 is 0 Å². The first-order valence-corrected chi connectivity index (χ1v) is 10.1. The number of benzene rings is 2. The van der Waals surface area contributed by atoms with Crippen molar-refractivity contribution in [3.63, 3.8) is 0 Å². The van der Waals surface area contributed by atoms with Gasteiger partial charge in [0.15, 0.2) is 12.6 Å². The minimum absolute atomic E-state index is 0.184. The lowest BCUT2D eigenvalue weighted by Gasteiger charge is -2.30. The summed E-state index contributed by atoms with van der Waals surface area (Å²) in [7, 11) is 1.69. The predicted molar refractivity (Wildman–Crippen MR) is 115 cm³/mol. The van der Waals surface area contributed by atoms with E-state index in [1.54, 1.807) is 19.2 Å². The molecule has 0 amide bonds. The highest BCUT2D eigenvalue weighted by Gasteiger charge is 2.28. The van der Waals surface area contributed by atoms with E-state index < -0.39 is 12.8 Å². The van der Waals surface area contributed by atoms with Gasteiger partial charge in [0.1, 0.15) is 5.75 Å². The topological polar surface area (TPSA) is 58.1 Å². The average molecular weight is 436 g/mol. The first-order valence-electron chi connectivity index (χ1n) is 10.1. The number of aliphatic imine (C=N–C) groups is 1. The van der Waals surface area contributed by atoms with E-state index in [-0.39, 0.29) is 5.75 Å². The van der Waals surface area contributed by atoms with Gasteiger partial charge in [0.05, 0.1) is 13.2 Å². The third-order valence-corrected chi connectivity index (χ3v) is 4.80. The van der Waals surface area contributed by atoms with Gasteiger partial charge in [-0.25, -0.2) is 0 Å². The molecule has 2 N–H and O–H groups in total. The summed E-state index contributed by atoms with van der Waals surface area (Å²) in [6.45, 7) is 2.98. The number of nitrogens with one attached hydrogen (secondary N) is 2. The third kappa shape index (κ3) is 7.36. The summed E-state index contributed by atoms with van der Waals surface area (Å²) in [5, 5.41) is 6.53. The SMILES string of the molecule is CN=C(NCc1ccc(OCC(F)(F)F)cc1)NCc1ccccc1N1CCOCC1. The molecule has 0 aliphatic carbocycles. The van der Waals surface area contributed by atoms with E-state index in [0.29, 0.717) is 19.0 Å². The summed E-state index contributed by atoms with van der Waals surface area (Å²) in [6.07, 6.45) is -4.35. The molecule has 1 aliphatic rings. The van der Waals surface area contributed by atoms with Crippen LogP contribution in [0.5, 0.6) is 5.75 Å². The zero-order valence-corrected chi connectivity index (χ0v) is 17.4. The Balaban J connectivity index is 1.50. The standard InChI is InChI=1S/C22H27F3N4O2/c1-26-21(27-14-17-6-8-19(9-7-17)31-16-22(23,24)25)28-15-18-4-2-3-5-20(18)29-10-12-30-13-11-29/h2-9H,10-16H2,1H3,(H2,26,27,28). The number of guanidine groups is 1. The summed E-state index contributed by atoms with van der Waals surface area (Å²) >= 11 is 0. The number of ether oxygens (including phenoxy) is 2. The Labute approximate surface area is 180 Å². The quantitative estimate of drug-likeness (QED) is 0.515. The van der Waals surface area contributed by atoms with Crippen molar-refractivity contribution in [2.45, 2.75) is 19.3 Å². The zero-order chi connectivity index (χ0) is 22.1. The van der Waals surface area contributed by atoms with Crippen molar-refractivity contribution in [3.8, 4) is 5.75 Å². The van der Waals surface area contributed by atoms with Gasteiger partial charge in [-0.15, -0.1) is 0 Å². The number of hydrogen-bond acceptors (Lipinski definition) is 4. The number of halogens is 3. The molecule has 0 unspecified atom stereocenters. The summed E-state index contributed by atoms with van der Waals surface area (Å²) < 4.78 is 46.9. The van der Waals surface area contributed by atoms with Crippen molar-refractivity contribution in [1.82, 2.24) is 10.6 Å². The van der Waals surface area contributed by atoms with E-state index in [1.165, 1.54) is 23.4 Å². The van der Waals surface area contributed by atoms with Crippen LogP contribution in [0.25, 0.3) is 0 Å². The van der Waals surface area contributed by atoms with Gasteiger partial charge in [0.2, 0.25) is 0 Å². The van der Waals surface area contributed by atoms with E-state index in [9.17, 15) is 13.2 Å². The van der Waals surface area contributed by atoms with Gasteiger partial charge in [-0.1, -0.05) is 30.3 Å². The van der Waals surface area contributed by atoms with Gasteiger partial charge < -0.3 is 25.0 Å². The highest BCUT2D eigenvalue weighted by molar-refractivity contribution is 5.79. The molecule has 0 radical (unpaired) electrons. The smallest absolute Gasteiger partial charge is 0.422 e. The van der Waals surface area contributed by atoms with Crippen LogP contribution in [0.3, 0.4) is 0 Å². The van der Waals surface area contributed by atoms with Crippen molar-refractivity contribution in [3.05, 3.63) is 59.7 Å². The van der Waals surface area contributed by atoms with Crippen molar-refractivity contribution < 1.29 is 22.6 Å². The van der Waals surface area contributed by atoms with Crippen LogP contribution in [0.15, 0.2) is 53.5 Å². The first-order chi connectivity index (χ1) is 14.9. The highest BCUT2D eigenvalue weighted by atomic mass is 19.4. The van der Waals surface area contributed by atoms with Gasteiger partial charge in [-0.2, -0.15) is 13.2 Å². The number of nitrogens with zero attached hydrogens (tertiary/aromatic N) is 2. The van der Waals surface area contributed by atoms with Crippen LogP contribution in [0.1, 0.15) is 11.1 Å². The molecule has 1 aliphatic heterocycles. The molecular weight excluding hydrogens is 409 g/mol. The Kier molecular flexibility index (Phi) is 8.00. The van der Waals surface area contributed by atoms with Gasteiger partial charge in [-0.05, 0) is 29.3 Å². The number of alkyl halides is 3. The molecule has 2 aromatic rings. The van der Waals surface area contributed by atoms with Crippen molar-refractivity contribution in [2.75, 3.05) is 44.9 Å². The lowest BCUT2D eigenvalue weighted by atomic mass is 10.1. The van der Waals surface area contributed by atoms with Crippen LogP contribution in [0, 0.1) is 0 Å². The zero-order valence-electron chi connectivity index (χ0n) is 17.4. The monoisotopic (exact) mass is 436 g/mol. The van der Waals surface area contributed by atoms with Crippen LogP contribution in [-0.4, -0.2) is 52.1 Å². The van der Waals surface area contributed by atoms with Gasteiger partial charge in [0.25, 0.3) is 0 Å². The van der Waals surface area contributed by atoms with Crippen LogP contribution >= 0.6 is 0 Å². The second-order valence-electron chi connectivity index (χ2n) is 7.06. The van der Waals surface area contributed by atoms with E-state index in [2.05, 4.69) is 32.7 Å². The Morgan fingerprint density at radius 2 is 1.71 bits per heavy atom. The normalized spacial score (nSPS) is 15.0. The van der Waals surface area contributed by atoms with Crippen LogP contribution in [0.4, 0.5) is 18.9 Å². The lowest BCUT2D eigenvalue weighted by Crippen LogP contribution is -2.38. The first kappa shape index (κ1) is 22.7. The minimum atomic E-state index is -4.35. The predicted octanol–water partition coefficient (Wildman–Crippen LogP) is 3.33.